The molecule has 0 spiro atoms. The molecule has 0 amide bonds. The Morgan fingerprint density at radius 2 is 1.63 bits per heavy atom. The van der Waals surface area contributed by atoms with Crippen molar-refractivity contribution in [3.8, 4) is 22.3 Å². The van der Waals surface area contributed by atoms with Crippen LogP contribution in [0.15, 0.2) is 47.5 Å². The third-order valence-corrected chi connectivity index (χ3v) is 5.05. The van der Waals surface area contributed by atoms with E-state index in [0.29, 0.717) is 27.3 Å². The maximum absolute atomic E-state index is 13.4. The van der Waals surface area contributed by atoms with Crippen LogP contribution < -0.4 is 0 Å². The smallest absolute Gasteiger partial charge is 0.351 e. The Kier molecular flexibility index (Phi) is 5.02. The van der Waals surface area contributed by atoms with Gasteiger partial charge >= 0.3 is 5.97 Å². The highest BCUT2D eigenvalue weighted by molar-refractivity contribution is 7.98. The molecule has 1 heterocycles. The van der Waals surface area contributed by atoms with Crippen LogP contribution in [-0.2, 0) is 7.05 Å². The molecule has 0 saturated heterocycles. The number of aromatic nitrogens is 1. The summed E-state index contributed by atoms with van der Waals surface area (Å²) in [5.41, 5.74) is 2.14. The summed E-state index contributed by atoms with van der Waals surface area (Å²) in [6, 6.07) is 9.84. The Morgan fingerprint density at radius 1 is 1.07 bits per heavy atom. The van der Waals surface area contributed by atoms with Crippen LogP contribution in [0.5, 0.6) is 0 Å². The fraction of sp³-hybridized carbons (Fsp3) is 0.100. The van der Waals surface area contributed by atoms with Crippen molar-refractivity contribution in [2.45, 2.75) is 5.03 Å². The second-order valence-electron chi connectivity index (χ2n) is 5.79. The summed E-state index contributed by atoms with van der Waals surface area (Å²) < 4.78 is 28.4. The van der Waals surface area contributed by atoms with E-state index in [-0.39, 0.29) is 11.4 Å². The van der Waals surface area contributed by atoms with Gasteiger partial charge in [0.25, 0.3) is 0 Å². The standard InChI is InChI=1S/C20H14F2N2O2S/c1-23-17-16(18(20(25)26)24(2)19(17)27-3)12-6-4-11(5-7-12)13-8-14(21)10-15(22)9-13/h4-10H,2-3H3,(H,25,26). The number of thioether (sulfide) groups is 1. The van der Waals surface area contributed by atoms with Gasteiger partial charge < -0.3 is 9.67 Å². The number of carbonyl (C=O) groups is 1. The number of hydrogen-bond donors (Lipinski definition) is 1. The Hall–Kier alpha value is -3.11. The van der Waals surface area contributed by atoms with Crippen molar-refractivity contribution in [2.24, 2.45) is 7.05 Å². The van der Waals surface area contributed by atoms with Crippen LogP contribution in [0.3, 0.4) is 0 Å². The Balaban J connectivity index is 2.16. The maximum atomic E-state index is 13.4. The zero-order valence-electron chi connectivity index (χ0n) is 14.5. The first kappa shape index (κ1) is 18.7. The first-order valence-electron chi connectivity index (χ1n) is 7.81. The van der Waals surface area contributed by atoms with E-state index in [1.54, 1.807) is 37.6 Å². The number of carboxylic acids is 1. The van der Waals surface area contributed by atoms with Crippen LogP contribution in [0.1, 0.15) is 10.5 Å². The molecule has 2 aromatic carbocycles. The number of rotatable bonds is 4. The largest absolute Gasteiger partial charge is 0.477 e. The van der Waals surface area contributed by atoms with Gasteiger partial charge in [0.1, 0.15) is 17.3 Å². The summed E-state index contributed by atoms with van der Waals surface area (Å²) in [4.78, 5) is 15.3. The summed E-state index contributed by atoms with van der Waals surface area (Å²) >= 11 is 1.30. The second kappa shape index (κ2) is 7.25. The van der Waals surface area contributed by atoms with E-state index in [4.69, 9.17) is 6.57 Å². The van der Waals surface area contributed by atoms with Crippen LogP contribution in [0.2, 0.25) is 0 Å². The van der Waals surface area contributed by atoms with Crippen molar-refractivity contribution in [3.05, 3.63) is 71.2 Å². The van der Waals surface area contributed by atoms with Crippen molar-refractivity contribution in [3.63, 3.8) is 0 Å². The van der Waals surface area contributed by atoms with Crippen LogP contribution in [0.25, 0.3) is 27.1 Å². The van der Waals surface area contributed by atoms with Gasteiger partial charge in [-0.3, -0.25) is 0 Å². The highest BCUT2D eigenvalue weighted by atomic mass is 32.2. The zero-order chi connectivity index (χ0) is 19.7. The van der Waals surface area contributed by atoms with Crippen molar-refractivity contribution < 1.29 is 18.7 Å². The first-order chi connectivity index (χ1) is 12.9. The lowest BCUT2D eigenvalue weighted by Gasteiger charge is -2.07. The van der Waals surface area contributed by atoms with Gasteiger partial charge in [-0.15, -0.1) is 11.8 Å². The lowest BCUT2D eigenvalue weighted by molar-refractivity contribution is 0.0686. The van der Waals surface area contributed by atoms with Gasteiger partial charge in [-0.1, -0.05) is 24.3 Å². The number of aromatic carboxylic acids is 1. The summed E-state index contributed by atoms with van der Waals surface area (Å²) in [6.45, 7) is 7.48. The molecule has 0 aliphatic rings. The third kappa shape index (κ3) is 3.32. The van der Waals surface area contributed by atoms with Gasteiger partial charge in [0.05, 0.1) is 11.6 Å². The first-order valence-corrected chi connectivity index (χ1v) is 9.04. The van der Waals surface area contributed by atoms with Gasteiger partial charge in [-0.2, -0.15) is 0 Å². The molecule has 4 nitrogen and oxygen atoms in total. The molecule has 136 valence electrons. The predicted octanol–water partition coefficient (Wildman–Crippen LogP) is 5.61. The molecule has 0 unspecified atom stereocenters. The van der Waals surface area contributed by atoms with E-state index in [0.717, 1.165) is 6.07 Å². The van der Waals surface area contributed by atoms with E-state index in [1.807, 2.05) is 0 Å². The van der Waals surface area contributed by atoms with E-state index < -0.39 is 17.6 Å². The molecule has 3 rings (SSSR count). The molecular formula is C20H14F2N2O2S. The summed E-state index contributed by atoms with van der Waals surface area (Å²) in [6.07, 6.45) is 1.78. The van der Waals surface area contributed by atoms with E-state index in [2.05, 4.69) is 4.85 Å². The summed E-state index contributed by atoms with van der Waals surface area (Å²) in [5.74, 6) is -2.48. The molecule has 27 heavy (non-hydrogen) atoms. The SMILES string of the molecule is [C-]#[N+]c1c(-c2ccc(-c3cc(F)cc(F)c3)cc2)c(C(=O)O)n(C)c1SC. The lowest BCUT2D eigenvalue weighted by Crippen LogP contribution is -2.06. The van der Waals surface area contributed by atoms with Gasteiger partial charge in [-0.25, -0.2) is 18.4 Å². The molecular weight excluding hydrogens is 370 g/mol. The highest BCUT2D eigenvalue weighted by Gasteiger charge is 2.26. The molecule has 1 N–H and O–H groups in total. The molecule has 1 aromatic heterocycles. The lowest BCUT2D eigenvalue weighted by atomic mass is 9.99. The molecule has 0 aliphatic heterocycles. The third-order valence-electron chi connectivity index (χ3n) is 4.19. The molecule has 0 fully saturated rings. The summed E-state index contributed by atoms with van der Waals surface area (Å²) in [7, 11) is 1.61. The average Bonchev–Trinajstić information content (AvgIpc) is 2.92. The van der Waals surface area contributed by atoms with Crippen LogP contribution in [0.4, 0.5) is 14.5 Å². The normalized spacial score (nSPS) is 10.6. The predicted molar refractivity (Wildman–Crippen MR) is 101 cm³/mol. The monoisotopic (exact) mass is 384 g/mol. The minimum absolute atomic E-state index is 0.0231. The fourth-order valence-corrected chi connectivity index (χ4v) is 3.76. The fourth-order valence-electron chi connectivity index (χ4n) is 3.06. The Morgan fingerprint density at radius 3 is 2.11 bits per heavy atom. The van der Waals surface area contributed by atoms with Crippen molar-refractivity contribution in [1.29, 1.82) is 0 Å². The van der Waals surface area contributed by atoms with E-state index in [1.165, 1.54) is 28.5 Å². The van der Waals surface area contributed by atoms with Crippen LogP contribution in [0, 0.1) is 18.2 Å². The van der Waals surface area contributed by atoms with Crippen LogP contribution >= 0.6 is 11.8 Å². The highest BCUT2D eigenvalue weighted by Crippen LogP contribution is 2.43. The number of halogens is 2. The molecule has 3 aromatic rings. The van der Waals surface area contributed by atoms with Gasteiger partial charge in [0, 0.05) is 18.7 Å². The number of benzene rings is 2. The molecule has 0 atom stereocenters. The number of carboxylic acid groups (broad SMARTS) is 1. The Bertz CT molecular complexity index is 1060. The van der Waals surface area contributed by atoms with Gasteiger partial charge in [-0.05, 0) is 35.1 Å². The summed E-state index contributed by atoms with van der Waals surface area (Å²) in [5, 5.41) is 10.2. The van der Waals surface area contributed by atoms with Crippen molar-refractivity contribution >= 4 is 23.4 Å². The Labute approximate surface area is 158 Å². The molecule has 0 radical (unpaired) electrons. The topological polar surface area (TPSA) is 46.6 Å². The van der Waals surface area contributed by atoms with Crippen molar-refractivity contribution in [2.75, 3.05) is 6.26 Å². The number of nitrogens with zero attached hydrogens (tertiary/aromatic N) is 2. The maximum Gasteiger partial charge on any atom is 0.351 e. The quantitative estimate of drug-likeness (QED) is 0.470. The molecule has 0 saturated carbocycles. The van der Waals surface area contributed by atoms with Crippen LogP contribution in [-0.4, -0.2) is 21.9 Å². The average molecular weight is 384 g/mol. The van der Waals surface area contributed by atoms with Gasteiger partial charge in [0.15, 0.2) is 0 Å². The second-order valence-corrected chi connectivity index (χ2v) is 6.59. The minimum Gasteiger partial charge on any atom is -0.477 e. The van der Waals surface area contributed by atoms with Gasteiger partial charge in [0.2, 0.25) is 5.69 Å². The van der Waals surface area contributed by atoms with E-state index in [9.17, 15) is 18.7 Å². The molecule has 0 aliphatic carbocycles. The molecule has 7 heteroatoms. The zero-order valence-corrected chi connectivity index (χ0v) is 15.3. The minimum atomic E-state index is -1.13. The van der Waals surface area contributed by atoms with E-state index >= 15 is 0 Å². The number of hydrogen-bond acceptors (Lipinski definition) is 2. The molecule has 0 bridgehead atoms. The van der Waals surface area contributed by atoms with Crippen molar-refractivity contribution in [1.82, 2.24) is 4.57 Å².